The van der Waals surface area contributed by atoms with Gasteiger partial charge in [-0.1, -0.05) is 17.3 Å². The molecule has 0 saturated heterocycles. The van der Waals surface area contributed by atoms with Crippen LogP contribution in [-0.4, -0.2) is 31.7 Å². The monoisotopic (exact) mass is 459 g/mol. The van der Waals surface area contributed by atoms with Gasteiger partial charge in [0.2, 0.25) is 5.91 Å². The Hall–Kier alpha value is -4.60. The number of benzene rings is 1. The molecule has 1 atom stereocenters. The molecule has 4 heterocycles. The van der Waals surface area contributed by atoms with Crippen molar-refractivity contribution < 1.29 is 22.8 Å². The van der Waals surface area contributed by atoms with Crippen molar-refractivity contribution in [3.63, 3.8) is 0 Å². The van der Waals surface area contributed by atoms with E-state index in [2.05, 4.69) is 15.6 Å². The first-order valence-corrected chi connectivity index (χ1v) is 10.6. The predicted molar refractivity (Wildman–Crippen MR) is 119 cm³/mol. The third-order valence-corrected chi connectivity index (χ3v) is 5.32. The van der Waals surface area contributed by atoms with Crippen LogP contribution in [0.2, 0.25) is 0 Å². The molecule has 0 aliphatic heterocycles. The number of fused-ring (bicyclic) bond motifs is 1. The van der Waals surface area contributed by atoms with E-state index in [-0.39, 0.29) is 25.5 Å². The van der Waals surface area contributed by atoms with Crippen molar-refractivity contribution in [1.82, 2.24) is 25.2 Å². The Kier molecular flexibility index (Phi) is 5.93. The fourth-order valence-electron chi connectivity index (χ4n) is 3.70. The Bertz CT molecular complexity index is 1360. The summed E-state index contributed by atoms with van der Waals surface area (Å²) < 4.78 is 17.9. The van der Waals surface area contributed by atoms with E-state index in [1.165, 1.54) is 28.4 Å². The Morgan fingerprint density at radius 2 is 1.65 bits per heavy atom. The lowest BCUT2D eigenvalue weighted by molar-refractivity contribution is -0.143. The molecule has 5 rings (SSSR count). The molecule has 0 bridgehead atoms. The third kappa shape index (κ3) is 4.46. The molecule has 0 radical (unpaired) electrons. The summed E-state index contributed by atoms with van der Waals surface area (Å²) in [6, 6.07) is 16.6. The summed E-state index contributed by atoms with van der Waals surface area (Å²) in [4.78, 5) is 28.4. The zero-order chi connectivity index (χ0) is 23.3. The molecule has 10 heteroatoms. The van der Waals surface area contributed by atoms with Crippen molar-refractivity contribution >= 4 is 22.8 Å². The summed E-state index contributed by atoms with van der Waals surface area (Å²) in [5.41, 5.74) is 1.39. The van der Waals surface area contributed by atoms with E-state index in [9.17, 15) is 9.59 Å². The normalized spacial score (nSPS) is 12.0. The molecule has 1 N–H and O–H groups in total. The highest BCUT2D eigenvalue weighted by Crippen LogP contribution is 2.25. The second-order valence-electron chi connectivity index (χ2n) is 7.55. The van der Waals surface area contributed by atoms with Crippen LogP contribution in [0, 0.1) is 0 Å². The maximum atomic E-state index is 13.6. The Balaban J connectivity index is 1.45. The first-order valence-electron chi connectivity index (χ1n) is 10.6. The number of hydrogen-bond donors (Lipinski definition) is 1. The van der Waals surface area contributed by atoms with Gasteiger partial charge >= 0.3 is 0 Å². The van der Waals surface area contributed by atoms with E-state index < -0.39 is 11.9 Å². The maximum absolute atomic E-state index is 13.6. The van der Waals surface area contributed by atoms with Crippen molar-refractivity contribution in [2.24, 2.45) is 0 Å². The molecule has 4 aromatic heterocycles. The van der Waals surface area contributed by atoms with Crippen molar-refractivity contribution in [2.75, 3.05) is 0 Å². The molecule has 10 nitrogen and oxygen atoms in total. The van der Waals surface area contributed by atoms with Crippen molar-refractivity contribution in [2.45, 2.75) is 25.7 Å². The zero-order valence-corrected chi connectivity index (χ0v) is 18.0. The SMILES string of the molecule is O=C(NCc1ccco1)[C@@H](c1ccco1)N(Cc1ccco1)C(=O)Cn1nnc2ccccc21. The number of nitrogens with one attached hydrogen (secondary N) is 1. The van der Waals surface area contributed by atoms with Crippen LogP contribution in [0.1, 0.15) is 23.3 Å². The molecule has 172 valence electrons. The van der Waals surface area contributed by atoms with Crippen LogP contribution in [0.15, 0.2) is 92.7 Å². The molecule has 0 aliphatic carbocycles. The van der Waals surface area contributed by atoms with Crippen LogP contribution < -0.4 is 5.32 Å². The number of carbonyl (C=O) groups excluding carboxylic acids is 2. The topological polar surface area (TPSA) is 120 Å². The van der Waals surface area contributed by atoms with Crippen LogP contribution in [0.4, 0.5) is 0 Å². The number of nitrogens with zero attached hydrogens (tertiary/aromatic N) is 4. The van der Waals surface area contributed by atoms with Gasteiger partial charge in [-0.15, -0.1) is 5.10 Å². The first kappa shape index (κ1) is 21.3. The summed E-state index contributed by atoms with van der Waals surface area (Å²) in [6.45, 7) is 0.0986. The predicted octanol–water partition coefficient (Wildman–Crippen LogP) is 3.30. The highest BCUT2D eigenvalue weighted by Gasteiger charge is 2.34. The van der Waals surface area contributed by atoms with E-state index in [1.807, 2.05) is 24.3 Å². The van der Waals surface area contributed by atoms with Crippen molar-refractivity contribution in [3.8, 4) is 0 Å². The second-order valence-corrected chi connectivity index (χ2v) is 7.55. The molecule has 0 fully saturated rings. The number of rotatable bonds is 9. The maximum Gasteiger partial charge on any atom is 0.251 e. The quantitative estimate of drug-likeness (QED) is 0.359. The van der Waals surface area contributed by atoms with Gasteiger partial charge in [0, 0.05) is 0 Å². The van der Waals surface area contributed by atoms with E-state index in [1.54, 1.807) is 36.4 Å². The average Bonchev–Trinajstić information content (AvgIpc) is 3.66. The summed E-state index contributed by atoms with van der Waals surface area (Å²) in [5.74, 6) is 0.647. The largest absolute Gasteiger partial charge is 0.467 e. The highest BCUT2D eigenvalue weighted by molar-refractivity contribution is 5.88. The summed E-state index contributed by atoms with van der Waals surface area (Å²) >= 11 is 0. The van der Waals surface area contributed by atoms with Gasteiger partial charge in [-0.05, 0) is 48.5 Å². The van der Waals surface area contributed by atoms with E-state index in [0.29, 0.717) is 28.3 Å². The van der Waals surface area contributed by atoms with E-state index in [0.717, 1.165) is 0 Å². The molecule has 5 aromatic rings. The number of furan rings is 3. The zero-order valence-electron chi connectivity index (χ0n) is 18.0. The van der Waals surface area contributed by atoms with Gasteiger partial charge in [-0.3, -0.25) is 9.59 Å². The van der Waals surface area contributed by atoms with Gasteiger partial charge < -0.3 is 23.5 Å². The lowest BCUT2D eigenvalue weighted by Crippen LogP contribution is -2.44. The van der Waals surface area contributed by atoms with Crippen LogP contribution in [0.25, 0.3) is 11.0 Å². The van der Waals surface area contributed by atoms with Crippen LogP contribution in [0.5, 0.6) is 0 Å². The second kappa shape index (κ2) is 9.49. The third-order valence-electron chi connectivity index (χ3n) is 5.32. The van der Waals surface area contributed by atoms with E-state index >= 15 is 0 Å². The Morgan fingerprint density at radius 3 is 2.38 bits per heavy atom. The van der Waals surface area contributed by atoms with E-state index in [4.69, 9.17) is 13.3 Å². The average molecular weight is 459 g/mol. The fraction of sp³-hybridized carbons (Fsp3) is 0.167. The van der Waals surface area contributed by atoms with Gasteiger partial charge in [0.25, 0.3) is 5.91 Å². The summed E-state index contributed by atoms with van der Waals surface area (Å²) in [6.07, 6.45) is 4.51. The minimum Gasteiger partial charge on any atom is -0.467 e. The summed E-state index contributed by atoms with van der Waals surface area (Å²) in [5, 5.41) is 11.0. The van der Waals surface area contributed by atoms with Gasteiger partial charge in [-0.25, -0.2) is 4.68 Å². The molecule has 2 amide bonds. The lowest BCUT2D eigenvalue weighted by atomic mass is 10.1. The number of hydrogen-bond acceptors (Lipinski definition) is 7. The molecular formula is C24H21N5O5. The molecule has 34 heavy (non-hydrogen) atoms. The van der Waals surface area contributed by atoms with Gasteiger partial charge in [0.15, 0.2) is 6.04 Å². The molecule has 0 spiro atoms. The van der Waals surface area contributed by atoms with Gasteiger partial charge in [0.05, 0.1) is 37.4 Å². The molecular weight excluding hydrogens is 438 g/mol. The van der Waals surface area contributed by atoms with Crippen LogP contribution >= 0.6 is 0 Å². The van der Waals surface area contributed by atoms with Gasteiger partial charge in [-0.2, -0.15) is 0 Å². The molecule has 0 saturated carbocycles. The number of carbonyl (C=O) groups is 2. The van der Waals surface area contributed by atoms with Crippen molar-refractivity contribution in [3.05, 3.63) is 96.7 Å². The minimum atomic E-state index is -1.04. The molecule has 0 unspecified atom stereocenters. The Morgan fingerprint density at radius 1 is 0.912 bits per heavy atom. The fourth-order valence-corrected chi connectivity index (χ4v) is 3.70. The van der Waals surface area contributed by atoms with Crippen LogP contribution in [-0.2, 0) is 29.2 Å². The highest BCUT2D eigenvalue weighted by atomic mass is 16.3. The lowest BCUT2D eigenvalue weighted by Gasteiger charge is -2.29. The minimum absolute atomic E-state index is 0.0536. The standard InChI is InChI=1S/C24H21N5O5/c30-22(16-29-20-9-2-1-8-19(20)26-27-29)28(15-18-7-4-12-33-18)23(21-10-5-13-34-21)24(31)25-14-17-6-3-11-32-17/h1-13,23H,14-16H2,(H,25,31)/t23-/m1/s1. The number of para-hydroxylation sites is 1. The molecule has 1 aromatic carbocycles. The van der Waals surface area contributed by atoms with Crippen LogP contribution in [0.3, 0.4) is 0 Å². The Labute approximate surface area is 193 Å². The van der Waals surface area contributed by atoms with Crippen molar-refractivity contribution in [1.29, 1.82) is 0 Å². The van der Waals surface area contributed by atoms with Gasteiger partial charge in [0.1, 0.15) is 29.3 Å². The number of aromatic nitrogens is 3. The summed E-state index contributed by atoms with van der Waals surface area (Å²) in [7, 11) is 0. The molecule has 0 aliphatic rings. The smallest absolute Gasteiger partial charge is 0.251 e. The first-order chi connectivity index (χ1) is 16.7. The number of amides is 2.